The zero-order chi connectivity index (χ0) is 18.5. The number of hydrogen-bond acceptors (Lipinski definition) is 5. The highest BCUT2D eigenvalue weighted by Crippen LogP contribution is 2.21. The maximum Gasteiger partial charge on any atom is 0.293 e. The lowest BCUT2D eigenvalue weighted by atomic mass is 10.2. The number of aromatic nitrogens is 3. The number of ether oxygens (including phenoxy) is 1. The van der Waals surface area contributed by atoms with Crippen LogP contribution in [0.4, 0.5) is 4.39 Å². The zero-order valence-corrected chi connectivity index (χ0v) is 14.8. The second-order valence-corrected chi connectivity index (χ2v) is 5.93. The van der Waals surface area contributed by atoms with Crippen LogP contribution in [0.1, 0.15) is 11.1 Å². The molecule has 0 spiro atoms. The van der Waals surface area contributed by atoms with E-state index in [1.165, 1.54) is 18.3 Å². The Bertz CT molecular complexity index is 1030. The number of benzene rings is 2. The van der Waals surface area contributed by atoms with Crippen molar-refractivity contribution in [3.8, 4) is 5.75 Å². The smallest absolute Gasteiger partial charge is 0.293 e. The number of nitrogens with zero attached hydrogens (tertiary/aromatic N) is 3. The Kier molecular flexibility index (Phi) is 5.55. The van der Waals surface area contributed by atoms with Crippen molar-refractivity contribution in [3.63, 3.8) is 0 Å². The van der Waals surface area contributed by atoms with Gasteiger partial charge in [0.05, 0.1) is 11.2 Å². The Morgan fingerprint density at radius 1 is 1.35 bits per heavy atom. The van der Waals surface area contributed by atoms with Crippen molar-refractivity contribution in [2.24, 2.45) is 5.10 Å². The standard InChI is InChI=1S/C17H12ClFN4O2S/c18-14-5-2-6-15(19)13(14)10-25-12-4-1-3-11(7-12)8-21-23-16(24)9-20-22-17(23)26/h1-9H,10H2,(H,22,26)/b21-8+. The molecule has 0 aliphatic heterocycles. The summed E-state index contributed by atoms with van der Waals surface area (Å²) in [5.41, 5.74) is 0.495. The van der Waals surface area contributed by atoms with Gasteiger partial charge in [-0.05, 0) is 42.0 Å². The molecule has 0 bridgehead atoms. The molecular formula is C17H12ClFN4O2S. The monoisotopic (exact) mass is 390 g/mol. The molecule has 0 atom stereocenters. The molecule has 0 aliphatic carbocycles. The van der Waals surface area contributed by atoms with Crippen LogP contribution in [0.2, 0.25) is 5.02 Å². The number of rotatable bonds is 5. The third kappa shape index (κ3) is 4.22. The van der Waals surface area contributed by atoms with E-state index in [0.29, 0.717) is 16.3 Å². The molecule has 0 amide bonds. The van der Waals surface area contributed by atoms with Crippen molar-refractivity contribution in [1.29, 1.82) is 0 Å². The molecule has 1 N–H and O–H groups in total. The van der Waals surface area contributed by atoms with E-state index in [-0.39, 0.29) is 16.9 Å². The summed E-state index contributed by atoms with van der Waals surface area (Å²) in [6, 6.07) is 11.4. The van der Waals surface area contributed by atoms with E-state index in [4.69, 9.17) is 28.6 Å². The van der Waals surface area contributed by atoms with Gasteiger partial charge in [0.2, 0.25) is 4.77 Å². The Hall–Kier alpha value is -2.84. The summed E-state index contributed by atoms with van der Waals surface area (Å²) in [5.74, 6) is 0.0713. The van der Waals surface area contributed by atoms with Crippen LogP contribution in [0.15, 0.2) is 58.6 Å². The summed E-state index contributed by atoms with van der Waals surface area (Å²) in [4.78, 5) is 11.7. The number of hydrogen-bond donors (Lipinski definition) is 1. The van der Waals surface area contributed by atoms with Gasteiger partial charge in [-0.15, -0.1) is 0 Å². The molecule has 1 heterocycles. The van der Waals surface area contributed by atoms with Crippen LogP contribution in [-0.4, -0.2) is 21.1 Å². The second-order valence-electron chi connectivity index (χ2n) is 5.13. The van der Waals surface area contributed by atoms with Gasteiger partial charge >= 0.3 is 0 Å². The van der Waals surface area contributed by atoms with Crippen LogP contribution in [0, 0.1) is 10.6 Å². The SMILES string of the molecule is O=c1cn[nH]c(=S)n1/N=C/c1cccc(OCc2c(F)cccc2Cl)c1. The topological polar surface area (TPSA) is 72.3 Å². The molecule has 0 aliphatic rings. The van der Waals surface area contributed by atoms with Gasteiger partial charge in [0.1, 0.15) is 24.4 Å². The van der Waals surface area contributed by atoms with E-state index < -0.39 is 11.4 Å². The van der Waals surface area contributed by atoms with Gasteiger partial charge in [-0.25, -0.2) is 4.39 Å². The van der Waals surface area contributed by atoms with E-state index in [9.17, 15) is 9.18 Å². The lowest BCUT2D eigenvalue weighted by molar-refractivity contribution is 0.300. The molecule has 26 heavy (non-hydrogen) atoms. The first kappa shape index (κ1) is 18.0. The van der Waals surface area contributed by atoms with Crippen LogP contribution < -0.4 is 10.3 Å². The Morgan fingerprint density at radius 2 is 2.15 bits per heavy atom. The summed E-state index contributed by atoms with van der Waals surface area (Å²) in [5, 5.41) is 10.4. The van der Waals surface area contributed by atoms with Gasteiger partial charge in [-0.2, -0.15) is 14.9 Å². The summed E-state index contributed by atoms with van der Waals surface area (Å²) < 4.78 is 20.5. The Labute approximate surface area is 157 Å². The molecule has 132 valence electrons. The fourth-order valence-electron chi connectivity index (χ4n) is 2.09. The molecule has 1 aromatic heterocycles. The van der Waals surface area contributed by atoms with Crippen LogP contribution in [-0.2, 0) is 6.61 Å². The third-order valence-corrected chi connectivity index (χ3v) is 3.98. The summed E-state index contributed by atoms with van der Waals surface area (Å²) in [6.45, 7) is -0.0127. The van der Waals surface area contributed by atoms with Gasteiger partial charge in [0.15, 0.2) is 0 Å². The normalized spacial score (nSPS) is 11.0. The highest BCUT2D eigenvalue weighted by molar-refractivity contribution is 7.71. The van der Waals surface area contributed by atoms with E-state index >= 15 is 0 Å². The van der Waals surface area contributed by atoms with Crippen molar-refractivity contribution in [2.75, 3.05) is 0 Å². The molecule has 0 saturated heterocycles. The Balaban J connectivity index is 1.77. The first-order valence-electron chi connectivity index (χ1n) is 7.41. The molecule has 3 aromatic rings. The summed E-state index contributed by atoms with van der Waals surface area (Å²) in [6.07, 6.45) is 2.53. The fraction of sp³-hybridized carbons (Fsp3) is 0.0588. The molecule has 3 rings (SSSR count). The van der Waals surface area contributed by atoms with Gasteiger partial charge in [0, 0.05) is 5.56 Å². The maximum absolute atomic E-state index is 13.8. The van der Waals surface area contributed by atoms with Crippen molar-refractivity contribution < 1.29 is 9.13 Å². The van der Waals surface area contributed by atoms with Gasteiger partial charge in [0.25, 0.3) is 5.56 Å². The highest BCUT2D eigenvalue weighted by Gasteiger charge is 2.07. The summed E-state index contributed by atoms with van der Waals surface area (Å²) in [7, 11) is 0. The molecule has 0 radical (unpaired) electrons. The van der Waals surface area contributed by atoms with Crippen molar-refractivity contribution >= 4 is 30.0 Å². The number of aromatic amines is 1. The predicted molar refractivity (Wildman–Crippen MR) is 98.9 cm³/mol. The first-order valence-corrected chi connectivity index (χ1v) is 8.20. The zero-order valence-electron chi connectivity index (χ0n) is 13.2. The largest absolute Gasteiger partial charge is 0.489 e. The fourth-order valence-corrected chi connectivity index (χ4v) is 2.50. The van der Waals surface area contributed by atoms with E-state index in [1.54, 1.807) is 30.3 Å². The molecule has 6 nitrogen and oxygen atoms in total. The molecule has 0 saturated carbocycles. The summed E-state index contributed by atoms with van der Waals surface area (Å²) >= 11 is 10.9. The van der Waals surface area contributed by atoms with Crippen LogP contribution in [0.25, 0.3) is 0 Å². The first-order chi connectivity index (χ1) is 12.5. The highest BCUT2D eigenvalue weighted by atomic mass is 35.5. The lowest BCUT2D eigenvalue weighted by Crippen LogP contribution is -2.18. The molecule has 2 aromatic carbocycles. The second kappa shape index (κ2) is 8.03. The van der Waals surface area contributed by atoms with Crippen molar-refractivity contribution in [2.45, 2.75) is 6.61 Å². The molecule has 0 unspecified atom stereocenters. The molecule has 9 heteroatoms. The minimum atomic E-state index is -0.452. The van der Waals surface area contributed by atoms with E-state index in [1.807, 2.05) is 0 Å². The maximum atomic E-state index is 13.8. The quantitative estimate of drug-likeness (QED) is 0.534. The van der Waals surface area contributed by atoms with Crippen molar-refractivity contribution in [1.82, 2.24) is 14.9 Å². The minimum absolute atomic E-state index is 0.0127. The van der Waals surface area contributed by atoms with Crippen LogP contribution in [0.3, 0.4) is 0 Å². The lowest BCUT2D eigenvalue weighted by Gasteiger charge is -2.09. The number of nitrogens with one attached hydrogen (secondary N) is 1. The third-order valence-electron chi connectivity index (χ3n) is 3.36. The number of H-pyrrole nitrogens is 1. The predicted octanol–water partition coefficient (Wildman–Crippen LogP) is 3.55. The average molecular weight is 391 g/mol. The average Bonchev–Trinajstić information content (AvgIpc) is 2.61. The van der Waals surface area contributed by atoms with Crippen molar-refractivity contribution in [3.05, 3.63) is 85.8 Å². The van der Waals surface area contributed by atoms with E-state index in [0.717, 1.165) is 10.9 Å². The van der Waals surface area contributed by atoms with Crippen LogP contribution in [0.5, 0.6) is 5.75 Å². The van der Waals surface area contributed by atoms with Gasteiger partial charge in [-0.1, -0.05) is 29.8 Å². The van der Waals surface area contributed by atoms with E-state index in [2.05, 4.69) is 15.3 Å². The molecular weight excluding hydrogens is 379 g/mol. The molecule has 0 fully saturated rings. The van der Waals surface area contributed by atoms with Crippen LogP contribution >= 0.6 is 23.8 Å². The van der Waals surface area contributed by atoms with Gasteiger partial charge < -0.3 is 4.74 Å². The number of halogens is 2. The minimum Gasteiger partial charge on any atom is -0.489 e. The Morgan fingerprint density at radius 3 is 2.92 bits per heavy atom. The van der Waals surface area contributed by atoms with Gasteiger partial charge in [-0.3, -0.25) is 9.89 Å².